The van der Waals surface area contributed by atoms with E-state index < -0.39 is 0 Å². The fourth-order valence-corrected chi connectivity index (χ4v) is 2.53. The van der Waals surface area contributed by atoms with Crippen molar-refractivity contribution in [3.8, 4) is 0 Å². The van der Waals surface area contributed by atoms with Crippen molar-refractivity contribution < 1.29 is 0 Å². The van der Waals surface area contributed by atoms with Crippen LogP contribution in [0.15, 0.2) is 12.1 Å². The summed E-state index contributed by atoms with van der Waals surface area (Å²) in [6.45, 7) is 8.87. The number of rotatable bonds is 2. The first-order valence-electron chi connectivity index (χ1n) is 6.56. The Morgan fingerprint density at radius 2 is 1.94 bits per heavy atom. The standard InChI is InChI=1S/C14H23N3/c1-10(2)12-6-8-17(9-7-12)14-5-4-13(15)11(3)16-14/h4-5,10,12H,6-9,15H2,1-3H3. The summed E-state index contributed by atoms with van der Waals surface area (Å²) in [6.07, 6.45) is 2.56. The Morgan fingerprint density at radius 3 is 2.47 bits per heavy atom. The SMILES string of the molecule is Cc1nc(N2CCC(C(C)C)CC2)ccc1N. The first-order chi connectivity index (χ1) is 8.08. The van der Waals surface area contributed by atoms with E-state index in [4.69, 9.17) is 5.73 Å². The number of aryl methyl sites for hydroxylation is 1. The number of piperidine rings is 1. The predicted octanol–water partition coefficient (Wildman–Crippen LogP) is 2.84. The molecule has 1 aromatic rings. The molecule has 3 heteroatoms. The highest BCUT2D eigenvalue weighted by atomic mass is 15.2. The molecule has 1 aromatic heterocycles. The predicted molar refractivity (Wildman–Crippen MR) is 73.2 cm³/mol. The monoisotopic (exact) mass is 233 g/mol. The van der Waals surface area contributed by atoms with E-state index in [1.807, 2.05) is 19.1 Å². The van der Waals surface area contributed by atoms with Crippen molar-refractivity contribution in [2.75, 3.05) is 23.7 Å². The minimum absolute atomic E-state index is 0.783. The number of nitrogen functional groups attached to an aromatic ring is 1. The fourth-order valence-electron chi connectivity index (χ4n) is 2.53. The maximum atomic E-state index is 5.80. The van der Waals surface area contributed by atoms with E-state index in [9.17, 15) is 0 Å². The third kappa shape index (κ3) is 2.71. The number of pyridine rings is 1. The summed E-state index contributed by atoms with van der Waals surface area (Å²) in [5.41, 5.74) is 7.52. The third-order valence-electron chi connectivity index (χ3n) is 3.92. The minimum Gasteiger partial charge on any atom is -0.397 e. The Morgan fingerprint density at radius 1 is 1.29 bits per heavy atom. The number of anilines is 2. The maximum absolute atomic E-state index is 5.80. The molecule has 0 saturated carbocycles. The van der Waals surface area contributed by atoms with Gasteiger partial charge in [0.25, 0.3) is 0 Å². The lowest BCUT2D eigenvalue weighted by Gasteiger charge is -2.34. The van der Waals surface area contributed by atoms with Crippen molar-refractivity contribution >= 4 is 11.5 Å². The molecule has 0 aliphatic carbocycles. The smallest absolute Gasteiger partial charge is 0.128 e. The molecule has 2 rings (SSSR count). The van der Waals surface area contributed by atoms with Crippen LogP contribution in [-0.2, 0) is 0 Å². The molecule has 1 fully saturated rings. The van der Waals surface area contributed by atoms with Crippen LogP contribution in [0.4, 0.5) is 11.5 Å². The highest BCUT2D eigenvalue weighted by Gasteiger charge is 2.22. The quantitative estimate of drug-likeness (QED) is 0.854. The van der Waals surface area contributed by atoms with Gasteiger partial charge in [0.15, 0.2) is 0 Å². The summed E-state index contributed by atoms with van der Waals surface area (Å²) < 4.78 is 0. The van der Waals surface area contributed by atoms with Gasteiger partial charge in [0.05, 0.1) is 11.4 Å². The van der Waals surface area contributed by atoms with Gasteiger partial charge in [-0.05, 0) is 43.7 Å². The number of nitrogens with zero attached hydrogens (tertiary/aromatic N) is 2. The Labute approximate surface area is 104 Å². The van der Waals surface area contributed by atoms with E-state index in [-0.39, 0.29) is 0 Å². The molecule has 3 nitrogen and oxygen atoms in total. The summed E-state index contributed by atoms with van der Waals surface area (Å²) in [6, 6.07) is 4.00. The van der Waals surface area contributed by atoms with Crippen LogP contribution in [0.1, 0.15) is 32.4 Å². The molecular formula is C14H23N3. The van der Waals surface area contributed by atoms with Crippen LogP contribution in [0.3, 0.4) is 0 Å². The summed E-state index contributed by atoms with van der Waals surface area (Å²) in [7, 11) is 0. The molecule has 0 unspecified atom stereocenters. The molecule has 2 N–H and O–H groups in total. The van der Waals surface area contributed by atoms with Crippen molar-refractivity contribution in [3.63, 3.8) is 0 Å². The zero-order valence-electron chi connectivity index (χ0n) is 11.1. The van der Waals surface area contributed by atoms with Crippen LogP contribution in [0, 0.1) is 18.8 Å². The van der Waals surface area contributed by atoms with Crippen LogP contribution in [0.25, 0.3) is 0 Å². The normalized spacial score (nSPS) is 17.8. The second-order valence-electron chi connectivity index (χ2n) is 5.41. The molecule has 0 radical (unpaired) electrons. The van der Waals surface area contributed by atoms with Gasteiger partial charge in [0.2, 0.25) is 0 Å². The molecule has 0 amide bonds. The highest BCUT2D eigenvalue weighted by molar-refractivity contribution is 5.50. The molecular weight excluding hydrogens is 210 g/mol. The molecule has 94 valence electrons. The minimum atomic E-state index is 0.783. The second kappa shape index (κ2) is 4.94. The molecule has 0 spiro atoms. The van der Waals surface area contributed by atoms with Crippen molar-refractivity contribution in [1.29, 1.82) is 0 Å². The van der Waals surface area contributed by atoms with Crippen molar-refractivity contribution in [2.24, 2.45) is 11.8 Å². The van der Waals surface area contributed by atoms with E-state index in [0.29, 0.717) is 0 Å². The molecule has 1 aliphatic rings. The van der Waals surface area contributed by atoms with Gasteiger partial charge in [0.1, 0.15) is 5.82 Å². The van der Waals surface area contributed by atoms with Gasteiger partial charge in [-0.2, -0.15) is 0 Å². The van der Waals surface area contributed by atoms with Crippen LogP contribution >= 0.6 is 0 Å². The highest BCUT2D eigenvalue weighted by Crippen LogP contribution is 2.27. The molecule has 0 bridgehead atoms. The summed E-state index contributed by atoms with van der Waals surface area (Å²) in [5.74, 6) is 2.76. The zero-order valence-corrected chi connectivity index (χ0v) is 11.1. The second-order valence-corrected chi connectivity index (χ2v) is 5.41. The van der Waals surface area contributed by atoms with Gasteiger partial charge in [-0.25, -0.2) is 4.98 Å². The van der Waals surface area contributed by atoms with Crippen molar-refractivity contribution in [3.05, 3.63) is 17.8 Å². The van der Waals surface area contributed by atoms with Crippen LogP contribution in [-0.4, -0.2) is 18.1 Å². The number of hydrogen-bond donors (Lipinski definition) is 1. The molecule has 17 heavy (non-hydrogen) atoms. The molecule has 1 aliphatic heterocycles. The molecule has 2 heterocycles. The Kier molecular flexibility index (Phi) is 3.55. The van der Waals surface area contributed by atoms with Gasteiger partial charge < -0.3 is 10.6 Å². The fraction of sp³-hybridized carbons (Fsp3) is 0.643. The number of nitrogens with two attached hydrogens (primary N) is 1. The molecule has 0 atom stereocenters. The lowest BCUT2D eigenvalue weighted by Crippen LogP contribution is -2.35. The first-order valence-corrected chi connectivity index (χ1v) is 6.56. The van der Waals surface area contributed by atoms with E-state index in [1.54, 1.807) is 0 Å². The summed E-state index contributed by atoms with van der Waals surface area (Å²) >= 11 is 0. The summed E-state index contributed by atoms with van der Waals surface area (Å²) in [5, 5.41) is 0. The average molecular weight is 233 g/mol. The van der Waals surface area contributed by atoms with Crippen molar-refractivity contribution in [2.45, 2.75) is 33.6 Å². The third-order valence-corrected chi connectivity index (χ3v) is 3.92. The molecule has 1 saturated heterocycles. The Hall–Kier alpha value is -1.25. The Balaban J connectivity index is 2.03. The number of aromatic nitrogens is 1. The summed E-state index contributed by atoms with van der Waals surface area (Å²) in [4.78, 5) is 6.95. The van der Waals surface area contributed by atoms with Gasteiger partial charge in [-0.15, -0.1) is 0 Å². The lowest BCUT2D eigenvalue weighted by atomic mass is 9.87. The largest absolute Gasteiger partial charge is 0.397 e. The zero-order chi connectivity index (χ0) is 12.4. The van der Waals surface area contributed by atoms with Gasteiger partial charge in [-0.1, -0.05) is 13.8 Å². The topological polar surface area (TPSA) is 42.2 Å². The van der Waals surface area contributed by atoms with Crippen LogP contribution in [0.2, 0.25) is 0 Å². The average Bonchev–Trinajstić information content (AvgIpc) is 2.33. The van der Waals surface area contributed by atoms with Gasteiger partial charge in [0, 0.05) is 13.1 Å². The Bertz CT molecular complexity index is 379. The van der Waals surface area contributed by atoms with E-state index >= 15 is 0 Å². The van der Waals surface area contributed by atoms with Gasteiger partial charge in [-0.3, -0.25) is 0 Å². The van der Waals surface area contributed by atoms with Crippen LogP contribution < -0.4 is 10.6 Å². The van der Waals surface area contributed by atoms with E-state index in [2.05, 4.69) is 23.7 Å². The van der Waals surface area contributed by atoms with Crippen LogP contribution in [0.5, 0.6) is 0 Å². The van der Waals surface area contributed by atoms with Gasteiger partial charge >= 0.3 is 0 Å². The lowest BCUT2D eigenvalue weighted by molar-refractivity contribution is 0.310. The first kappa shape index (κ1) is 12.2. The molecule has 0 aromatic carbocycles. The number of hydrogen-bond acceptors (Lipinski definition) is 3. The van der Waals surface area contributed by atoms with Crippen molar-refractivity contribution in [1.82, 2.24) is 4.98 Å². The van der Waals surface area contributed by atoms with E-state index in [1.165, 1.54) is 12.8 Å². The maximum Gasteiger partial charge on any atom is 0.128 e. The van der Waals surface area contributed by atoms with E-state index in [0.717, 1.165) is 42.1 Å².